The highest BCUT2D eigenvalue weighted by atomic mass is 16.5. The van der Waals surface area contributed by atoms with Gasteiger partial charge in [-0.25, -0.2) is 0 Å². The van der Waals surface area contributed by atoms with Crippen molar-refractivity contribution < 1.29 is 14.3 Å². The summed E-state index contributed by atoms with van der Waals surface area (Å²) in [5, 5.41) is 3.34. The van der Waals surface area contributed by atoms with Crippen LogP contribution in [0.3, 0.4) is 0 Å². The van der Waals surface area contributed by atoms with Gasteiger partial charge in [-0.3, -0.25) is 9.69 Å². The second-order valence-corrected chi connectivity index (χ2v) is 5.50. The van der Waals surface area contributed by atoms with E-state index >= 15 is 0 Å². The maximum absolute atomic E-state index is 12.3. The van der Waals surface area contributed by atoms with E-state index in [9.17, 15) is 4.79 Å². The number of nitrogens with zero attached hydrogens (tertiary/aromatic N) is 2. The molecule has 0 aliphatic carbocycles. The molecular weight excluding hydrogens is 258 g/mol. The standard InChI is InChI=1S/C14H27N3O3/c1-19-10-8-16-4-2-5-17(7-6-16)14(18)11-13-12-20-9-3-15-13/h13,15H,2-12H2,1H3. The van der Waals surface area contributed by atoms with E-state index in [0.29, 0.717) is 13.0 Å². The third-order valence-corrected chi connectivity index (χ3v) is 3.97. The molecule has 2 aliphatic rings. The molecule has 2 fully saturated rings. The number of carbonyl (C=O) groups excluding carboxylic acids is 1. The fourth-order valence-electron chi connectivity index (χ4n) is 2.76. The van der Waals surface area contributed by atoms with Crippen LogP contribution < -0.4 is 5.32 Å². The minimum absolute atomic E-state index is 0.184. The summed E-state index contributed by atoms with van der Waals surface area (Å²) in [6.45, 7) is 7.67. The zero-order chi connectivity index (χ0) is 14.2. The first-order valence-corrected chi connectivity index (χ1v) is 7.60. The summed E-state index contributed by atoms with van der Waals surface area (Å²) < 4.78 is 10.5. The number of nitrogens with one attached hydrogen (secondary N) is 1. The summed E-state index contributed by atoms with van der Waals surface area (Å²) in [5.41, 5.74) is 0. The molecule has 2 aliphatic heterocycles. The summed E-state index contributed by atoms with van der Waals surface area (Å²) in [6, 6.07) is 0.184. The van der Waals surface area contributed by atoms with Crippen LogP contribution >= 0.6 is 0 Å². The second kappa shape index (κ2) is 8.56. The maximum Gasteiger partial charge on any atom is 0.224 e. The fraction of sp³-hybridized carbons (Fsp3) is 0.929. The number of carbonyl (C=O) groups is 1. The summed E-state index contributed by atoms with van der Waals surface area (Å²) in [5.74, 6) is 0.251. The minimum Gasteiger partial charge on any atom is -0.383 e. The van der Waals surface area contributed by atoms with Crippen molar-refractivity contribution >= 4 is 5.91 Å². The average Bonchev–Trinajstić information content (AvgIpc) is 2.72. The Morgan fingerprint density at radius 2 is 2.25 bits per heavy atom. The molecule has 6 nitrogen and oxygen atoms in total. The first-order chi connectivity index (χ1) is 9.79. The number of morpholine rings is 1. The fourth-order valence-corrected chi connectivity index (χ4v) is 2.76. The van der Waals surface area contributed by atoms with Crippen LogP contribution in [0.4, 0.5) is 0 Å². The lowest BCUT2D eigenvalue weighted by molar-refractivity contribution is -0.132. The molecular formula is C14H27N3O3. The van der Waals surface area contributed by atoms with Crippen LogP contribution in [0.5, 0.6) is 0 Å². The van der Waals surface area contributed by atoms with Crippen LogP contribution in [0.25, 0.3) is 0 Å². The molecule has 1 N–H and O–H groups in total. The Kier molecular flexibility index (Phi) is 6.72. The Hall–Kier alpha value is -0.690. The highest BCUT2D eigenvalue weighted by Crippen LogP contribution is 2.07. The van der Waals surface area contributed by atoms with Gasteiger partial charge in [-0.15, -0.1) is 0 Å². The van der Waals surface area contributed by atoms with Crippen LogP contribution in [-0.4, -0.2) is 87.9 Å². The van der Waals surface area contributed by atoms with E-state index in [2.05, 4.69) is 10.2 Å². The largest absolute Gasteiger partial charge is 0.383 e. The van der Waals surface area contributed by atoms with Gasteiger partial charge in [-0.1, -0.05) is 0 Å². The monoisotopic (exact) mass is 285 g/mol. The van der Waals surface area contributed by atoms with Crippen LogP contribution in [0, 0.1) is 0 Å². The molecule has 0 radical (unpaired) electrons. The van der Waals surface area contributed by atoms with Gasteiger partial charge in [0.1, 0.15) is 0 Å². The van der Waals surface area contributed by atoms with Crippen molar-refractivity contribution in [2.24, 2.45) is 0 Å². The van der Waals surface area contributed by atoms with Crippen molar-refractivity contribution in [3.63, 3.8) is 0 Å². The van der Waals surface area contributed by atoms with E-state index in [0.717, 1.165) is 58.9 Å². The predicted molar refractivity (Wildman–Crippen MR) is 76.7 cm³/mol. The van der Waals surface area contributed by atoms with Crippen molar-refractivity contribution in [2.75, 3.05) is 66.2 Å². The summed E-state index contributed by atoms with van der Waals surface area (Å²) in [4.78, 5) is 16.7. The van der Waals surface area contributed by atoms with Gasteiger partial charge in [-0.05, 0) is 13.0 Å². The normalized spacial score (nSPS) is 25.4. The Morgan fingerprint density at radius 3 is 3.00 bits per heavy atom. The zero-order valence-corrected chi connectivity index (χ0v) is 12.5. The summed E-state index contributed by atoms with van der Waals surface area (Å²) >= 11 is 0. The highest BCUT2D eigenvalue weighted by Gasteiger charge is 2.23. The molecule has 0 aromatic carbocycles. The van der Waals surface area contributed by atoms with Gasteiger partial charge in [0.05, 0.1) is 19.8 Å². The smallest absolute Gasteiger partial charge is 0.224 e. The van der Waals surface area contributed by atoms with Gasteiger partial charge < -0.3 is 19.7 Å². The molecule has 6 heteroatoms. The Morgan fingerprint density at radius 1 is 1.35 bits per heavy atom. The molecule has 0 saturated carbocycles. The Bertz CT molecular complexity index is 295. The number of rotatable bonds is 5. The van der Waals surface area contributed by atoms with Gasteiger partial charge in [0.15, 0.2) is 0 Å². The second-order valence-electron chi connectivity index (χ2n) is 5.50. The summed E-state index contributed by atoms with van der Waals surface area (Å²) in [7, 11) is 1.73. The highest BCUT2D eigenvalue weighted by molar-refractivity contribution is 5.76. The van der Waals surface area contributed by atoms with Crippen molar-refractivity contribution in [1.29, 1.82) is 0 Å². The van der Waals surface area contributed by atoms with Gasteiger partial charge in [0.25, 0.3) is 0 Å². The number of amides is 1. The maximum atomic E-state index is 12.3. The molecule has 1 amide bonds. The van der Waals surface area contributed by atoms with Crippen molar-refractivity contribution in [1.82, 2.24) is 15.1 Å². The van der Waals surface area contributed by atoms with E-state index in [1.54, 1.807) is 7.11 Å². The number of hydrogen-bond donors (Lipinski definition) is 1. The molecule has 0 spiro atoms. The van der Waals surface area contributed by atoms with Crippen LogP contribution in [0.15, 0.2) is 0 Å². The topological polar surface area (TPSA) is 54.0 Å². The van der Waals surface area contributed by atoms with Crippen molar-refractivity contribution in [3.8, 4) is 0 Å². The van der Waals surface area contributed by atoms with E-state index in [1.807, 2.05) is 4.90 Å². The van der Waals surface area contributed by atoms with Crippen molar-refractivity contribution in [3.05, 3.63) is 0 Å². The Labute approximate surface area is 121 Å². The molecule has 0 aromatic heterocycles. The summed E-state index contributed by atoms with van der Waals surface area (Å²) in [6.07, 6.45) is 1.60. The van der Waals surface area contributed by atoms with E-state index < -0.39 is 0 Å². The van der Waals surface area contributed by atoms with E-state index in [1.165, 1.54) is 0 Å². The lowest BCUT2D eigenvalue weighted by atomic mass is 10.1. The molecule has 1 unspecified atom stereocenters. The quantitative estimate of drug-likeness (QED) is 0.741. The molecule has 2 saturated heterocycles. The Balaban J connectivity index is 1.72. The molecule has 2 heterocycles. The molecule has 0 bridgehead atoms. The lowest BCUT2D eigenvalue weighted by Crippen LogP contribution is -2.45. The predicted octanol–water partition coefficient (Wildman–Crippen LogP) is -0.454. The van der Waals surface area contributed by atoms with Crippen LogP contribution in [0.2, 0.25) is 0 Å². The molecule has 1 atom stereocenters. The number of methoxy groups -OCH3 is 1. The van der Waals surface area contributed by atoms with Crippen molar-refractivity contribution in [2.45, 2.75) is 18.9 Å². The average molecular weight is 285 g/mol. The minimum atomic E-state index is 0.184. The van der Waals surface area contributed by atoms with E-state index in [4.69, 9.17) is 9.47 Å². The first kappa shape index (κ1) is 15.7. The number of ether oxygens (including phenoxy) is 2. The number of hydrogen-bond acceptors (Lipinski definition) is 5. The molecule has 0 aromatic rings. The van der Waals surface area contributed by atoms with Crippen LogP contribution in [-0.2, 0) is 14.3 Å². The lowest BCUT2D eigenvalue weighted by Gasteiger charge is -2.27. The zero-order valence-electron chi connectivity index (χ0n) is 12.5. The van der Waals surface area contributed by atoms with Gasteiger partial charge >= 0.3 is 0 Å². The van der Waals surface area contributed by atoms with Gasteiger partial charge in [0.2, 0.25) is 5.91 Å². The molecule has 20 heavy (non-hydrogen) atoms. The third-order valence-electron chi connectivity index (χ3n) is 3.97. The molecule has 116 valence electrons. The SMILES string of the molecule is COCCN1CCCN(C(=O)CC2COCCN2)CC1. The van der Waals surface area contributed by atoms with Gasteiger partial charge in [0, 0.05) is 52.3 Å². The molecule has 2 rings (SSSR count). The van der Waals surface area contributed by atoms with Crippen LogP contribution in [0.1, 0.15) is 12.8 Å². The van der Waals surface area contributed by atoms with E-state index in [-0.39, 0.29) is 11.9 Å². The first-order valence-electron chi connectivity index (χ1n) is 7.60. The third kappa shape index (κ3) is 5.01. The van der Waals surface area contributed by atoms with Gasteiger partial charge in [-0.2, -0.15) is 0 Å².